The van der Waals surface area contributed by atoms with Gasteiger partial charge in [-0.1, -0.05) is 0 Å². The van der Waals surface area contributed by atoms with Crippen molar-refractivity contribution in [3.8, 4) is 40.3 Å². The Hall–Kier alpha value is -5.17. The van der Waals surface area contributed by atoms with E-state index in [-0.39, 0.29) is 34.6 Å². The molecule has 0 spiro atoms. The average Bonchev–Trinajstić information content (AvgIpc) is 3.42. The molecule has 6 rings (SSSR count). The molecule has 1 atom stereocenters. The second kappa shape index (κ2) is 11.0. The van der Waals surface area contributed by atoms with E-state index < -0.39 is 12.0 Å². The van der Waals surface area contributed by atoms with Gasteiger partial charge in [-0.05, 0) is 42.8 Å². The summed E-state index contributed by atoms with van der Waals surface area (Å²) in [5.41, 5.74) is 2.11. The van der Waals surface area contributed by atoms with Crippen molar-refractivity contribution in [2.24, 2.45) is 0 Å². The number of halogens is 2. The van der Waals surface area contributed by atoms with Crippen molar-refractivity contribution in [2.75, 3.05) is 32.8 Å². The Balaban J connectivity index is 1.25. The van der Waals surface area contributed by atoms with Gasteiger partial charge in [-0.25, -0.2) is 23.4 Å². The third kappa shape index (κ3) is 4.94. The Morgan fingerprint density at radius 2 is 1.74 bits per heavy atom. The molecule has 0 radical (unpaired) electrons. The fourth-order valence-electron chi connectivity index (χ4n) is 4.63. The second-order valence-electron chi connectivity index (χ2n) is 9.26. The molecule has 13 heteroatoms. The van der Waals surface area contributed by atoms with Gasteiger partial charge in [0.25, 0.3) is 0 Å². The summed E-state index contributed by atoms with van der Waals surface area (Å²) < 4.78 is 58.5. The van der Waals surface area contributed by atoms with E-state index in [0.29, 0.717) is 52.6 Å². The molecule has 0 fully saturated rings. The largest absolute Gasteiger partial charge is 0.493 e. The molecule has 0 saturated heterocycles. The van der Waals surface area contributed by atoms with Gasteiger partial charge in [0.2, 0.25) is 11.6 Å². The Morgan fingerprint density at radius 1 is 0.952 bits per heavy atom. The van der Waals surface area contributed by atoms with Crippen LogP contribution in [0.5, 0.6) is 34.6 Å². The molecule has 216 valence electrons. The van der Waals surface area contributed by atoms with Crippen LogP contribution in [-0.2, 0) is 0 Å². The van der Waals surface area contributed by atoms with Crippen LogP contribution in [0.3, 0.4) is 0 Å². The van der Waals surface area contributed by atoms with Gasteiger partial charge in [0, 0.05) is 17.8 Å². The van der Waals surface area contributed by atoms with E-state index in [2.05, 4.69) is 20.4 Å². The van der Waals surface area contributed by atoms with Gasteiger partial charge in [0.15, 0.2) is 40.7 Å². The standard InChI is InChI=1S/C29H25F2N5O6/c1-15-10-16(30)4-6-20(15)36-13-23(39-3)25(35-36)28(37)34-17-5-7-21(18(31)11-17)42-29-24-19(32-14-33-29)12-22(38-2)26-27(24)41-9-8-40-26/h4-7,10-14,28,34,37H,8-9H2,1-3H3. The monoisotopic (exact) mass is 577 g/mol. The third-order valence-electron chi connectivity index (χ3n) is 6.60. The SMILES string of the molecule is COc1cn(-c2ccc(F)cc2C)nc1C(O)Nc1ccc(Oc2ncnc3cc(OC)c4c(c23)OCCO4)c(F)c1. The summed E-state index contributed by atoms with van der Waals surface area (Å²) in [6, 6.07) is 10.00. The molecule has 2 aromatic heterocycles. The lowest BCUT2D eigenvalue weighted by molar-refractivity contribution is 0.167. The number of nitrogens with zero attached hydrogens (tertiary/aromatic N) is 4. The molecule has 1 aliphatic rings. The van der Waals surface area contributed by atoms with Crippen molar-refractivity contribution < 1.29 is 37.6 Å². The van der Waals surface area contributed by atoms with Crippen molar-refractivity contribution in [1.82, 2.24) is 19.7 Å². The number of nitrogens with one attached hydrogen (secondary N) is 1. The van der Waals surface area contributed by atoms with Crippen LogP contribution in [0.25, 0.3) is 16.6 Å². The maximum Gasteiger partial charge on any atom is 0.234 e. The zero-order valence-electron chi connectivity index (χ0n) is 22.7. The van der Waals surface area contributed by atoms with Crippen LogP contribution < -0.4 is 29.0 Å². The molecule has 42 heavy (non-hydrogen) atoms. The molecule has 0 aliphatic carbocycles. The van der Waals surface area contributed by atoms with Crippen molar-refractivity contribution in [3.63, 3.8) is 0 Å². The van der Waals surface area contributed by atoms with Gasteiger partial charge in [0.05, 0.1) is 31.6 Å². The molecule has 0 amide bonds. The number of hydrogen-bond acceptors (Lipinski definition) is 10. The Bertz CT molecular complexity index is 1800. The van der Waals surface area contributed by atoms with E-state index in [1.54, 1.807) is 25.3 Å². The number of aliphatic hydroxyl groups is 1. The minimum atomic E-state index is -1.36. The molecule has 3 heterocycles. The number of hydrogen-bond donors (Lipinski definition) is 2. The Labute approximate surface area is 238 Å². The van der Waals surface area contributed by atoms with Gasteiger partial charge >= 0.3 is 0 Å². The minimum absolute atomic E-state index is 0.0652. The van der Waals surface area contributed by atoms with E-state index >= 15 is 4.39 Å². The van der Waals surface area contributed by atoms with Gasteiger partial charge in [0.1, 0.15) is 30.7 Å². The summed E-state index contributed by atoms with van der Waals surface area (Å²) in [6.07, 6.45) is 1.49. The number of fused-ring (bicyclic) bond motifs is 3. The summed E-state index contributed by atoms with van der Waals surface area (Å²) in [5, 5.41) is 18.5. The predicted octanol–water partition coefficient (Wildman–Crippen LogP) is 5.09. The zero-order chi connectivity index (χ0) is 29.4. The van der Waals surface area contributed by atoms with Crippen molar-refractivity contribution >= 4 is 16.6 Å². The first-order valence-corrected chi connectivity index (χ1v) is 12.8. The van der Waals surface area contributed by atoms with Crippen molar-refractivity contribution in [1.29, 1.82) is 0 Å². The van der Waals surface area contributed by atoms with Gasteiger partial charge < -0.3 is 34.1 Å². The van der Waals surface area contributed by atoms with Crippen LogP contribution in [0.2, 0.25) is 0 Å². The maximum atomic E-state index is 15.3. The Kier molecular flexibility index (Phi) is 7.08. The highest BCUT2D eigenvalue weighted by Crippen LogP contribution is 2.47. The fourth-order valence-corrected chi connectivity index (χ4v) is 4.63. The molecule has 1 aliphatic heterocycles. The number of aliphatic hydroxyl groups excluding tert-OH is 1. The van der Waals surface area contributed by atoms with Crippen LogP contribution in [0.4, 0.5) is 14.5 Å². The predicted molar refractivity (Wildman–Crippen MR) is 147 cm³/mol. The summed E-state index contributed by atoms with van der Waals surface area (Å²) in [7, 11) is 2.94. The first kappa shape index (κ1) is 27.0. The van der Waals surface area contributed by atoms with Crippen molar-refractivity contribution in [2.45, 2.75) is 13.2 Å². The van der Waals surface area contributed by atoms with Crippen molar-refractivity contribution in [3.05, 3.63) is 77.9 Å². The summed E-state index contributed by atoms with van der Waals surface area (Å²) in [6.45, 7) is 2.38. The number of aryl methyl sites for hydroxylation is 1. The van der Waals surface area contributed by atoms with Crippen LogP contribution in [0, 0.1) is 18.6 Å². The first-order valence-electron chi connectivity index (χ1n) is 12.8. The highest BCUT2D eigenvalue weighted by Gasteiger charge is 2.26. The van der Waals surface area contributed by atoms with Crippen LogP contribution in [-0.4, -0.2) is 52.3 Å². The molecule has 3 aromatic carbocycles. The average molecular weight is 578 g/mol. The van der Waals surface area contributed by atoms with Gasteiger partial charge in [-0.15, -0.1) is 0 Å². The van der Waals surface area contributed by atoms with Crippen LogP contribution >= 0.6 is 0 Å². The van der Waals surface area contributed by atoms with Crippen LogP contribution in [0.15, 0.2) is 55.0 Å². The smallest absolute Gasteiger partial charge is 0.234 e. The van der Waals surface area contributed by atoms with E-state index in [1.165, 1.54) is 49.5 Å². The second-order valence-corrected chi connectivity index (χ2v) is 9.26. The topological polar surface area (TPSA) is 122 Å². The highest BCUT2D eigenvalue weighted by molar-refractivity contribution is 5.94. The number of rotatable bonds is 8. The lowest BCUT2D eigenvalue weighted by Gasteiger charge is -2.22. The number of anilines is 1. The zero-order valence-corrected chi connectivity index (χ0v) is 22.7. The molecular formula is C29H25F2N5O6. The molecule has 0 saturated carbocycles. The van der Waals surface area contributed by atoms with E-state index in [0.717, 1.165) is 6.07 Å². The highest BCUT2D eigenvalue weighted by atomic mass is 19.1. The number of methoxy groups -OCH3 is 2. The molecule has 0 bridgehead atoms. The number of ether oxygens (including phenoxy) is 5. The molecule has 11 nitrogen and oxygen atoms in total. The quantitative estimate of drug-likeness (QED) is 0.241. The first-order chi connectivity index (χ1) is 20.4. The number of benzene rings is 3. The number of aromatic nitrogens is 4. The van der Waals surface area contributed by atoms with Gasteiger partial charge in [-0.2, -0.15) is 5.10 Å². The molecule has 2 N–H and O–H groups in total. The third-order valence-corrected chi connectivity index (χ3v) is 6.60. The maximum absolute atomic E-state index is 15.3. The lowest BCUT2D eigenvalue weighted by atomic mass is 10.1. The molecule has 5 aromatic rings. The summed E-state index contributed by atoms with van der Waals surface area (Å²) in [4.78, 5) is 8.47. The van der Waals surface area contributed by atoms with Crippen LogP contribution in [0.1, 0.15) is 17.5 Å². The summed E-state index contributed by atoms with van der Waals surface area (Å²) in [5.74, 6) is 0.298. The molecular weight excluding hydrogens is 552 g/mol. The Morgan fingerprint density at radius 3 is 2.48 bits per heavy atom. The lowest BCUT2D eigenvalue weighted by Crippen LogP contribution is -2.16. The molecule has 1 unspecified atom stereocenters. The van der Waals surface area contributed by atoms with Gasteiger partial charge in [-0.3, -0.25) is 0 Å². The normalized spacial score (nSPS) is 13.1. The van der Waals surface area contributed by atoms with E-state index in [9.17, 15) is 9.50 Å². The summed E-state index contributed by atoms with van der Waals surface area (Å²) >= 11 is 0. The van der Waals surface area contributed by atoms with E-state index in [1.807, 2.05) is 0 Å². The minimum Gasteiger partial charge on any atom is -0.493 e. The van der Waals surface area contributed by atoms with E-state index in [4.69, 9.17) is 23.7 Å². The fraction of sp³-hybridized carbons (Fsp3) is 0.207.